The number of benzene rings is 1. The second-order valence-electron chi connectivity index (χ2n) is 5.97. The summed E-state index contributed by atoms with van der Waals surface area (Å²) in [6, 6.07) is 11.7. The summed E-state index contributed by atoms with van der Waals surface area (Å²) in [6.07, 6.45) is 0.993. The minimum Gasteiger partial charge on any atom is -0.478 e. The number of nitrogens with one attached hydrogen (secondary N) is 2. The van der Waals surface area contributed by atoms with Crippen LogP contribution in [-0.4, -0.2) is 22.0 Å². The molecule has 1 amide bonds. The fraction of sp³-hybridized carbons (Fsp3) is 0.100. The van der Waals surface area contributed by atoms with Gasteiger partial charge < -0.3 is 15.4 Å². The van der Waals surface area contributed by atoms with Gasteiger partial charge in [0.05, 0.1) is 21.3 Å². The van der Waals surface area contributed by atoms with E-state index in [2.05, 4.69) is 10.3 Å². The largest absolute Gasteiger partial charge is 0.478 e. The van der Waals surface area contributed by atoms with Crippen LogP contribution in [0.4, 0.5) is 0 Å². The Labute approximate surface area is 164 Å². The van der Waals surface area contributed by atoms with Crippen LogP contribution in [0.5, 0.6) is 0 Å². The highest BCUT2D eigenvalue weighted by Gasteiger charge is 2.13. The average molecular weight is 399 g/mol. The van der Waals surface area contributed by atoms with Crippen molar-refractivity contribution in [3.8, 4) is 0 Å². The van der Waals surface area contributed by atoms with Crippen LogP contribution < -0.4 is 5.32 Å². The first kappa shape index (κ1) is 19.0. The number of amides is 1. The molecule has 0 aliphatic heterocycles. The monoisotopic (exact) mass is 398 g/mol. The van der Waals surface area contributed by atoms with E-state index >= 15 is 0 Å². The topological polar surface area (TPSA) is 82.2 Å². The van der Waals surface area contributed by atoms with Crippen LogP contribution >= 0.6 is 23.1 Å². The van der Waals surface area contributed by atoms with Gasteiger partial charge >= 0.3 is 5.97 Å². The number of carbonyl (C=O) groups is 2. The van der Waals surface area contributed by atoms with E-state index in [4.69, 9.17) is 5.11 Å². The SMILES string of the molecule is C/C(=C\S/C(=C/C(=O)O)NC(=O)c1cc2sccc2[nH]1)c1ccc(C)cc1. The number of aromatic amines is 1. The molecular weight excluding hydrogens is 380 g/mol. The van der Waals surface area contributed by atoms with Crippen molar-refractivity contribution in [1.82, 2.24) is 10.3 Å². The van der Waals surface area contributed by atoms with Crippen LogP contribution in [0.25, 0.3) is 15.8 Å². The van der Waals surface area contributed by atoms with Crippen molar-refractivity contribution in [2.45, 2.75) is 13.8 Å². The fourth-order valence-electron chi connectivity index (χ4n) is 2.40. The van der Waals surface area contributed by atoms with Gasteiger partial charge in [0.2, 0.25) is 0 Å². The summed E-state index contributed by atoms with van der Waals surface area (Å²) in [5, 5.41) is 15.8. The van der Waals surface area contributed by atoms with Gasteiger partial charge in [0.25, 0.3) is 5.91 Å². The lowest BCUT2D eigenvalue weighted by atomic mass is 10.1. The molecule has 7 heteroatoms. The van der Waals surface area contributed by atoms with Crippen LogP contribution in [-0.2, 0) is 4.79 Å². The van der Waals surface area contributed by atoms with Crippen molar-refractivity contribution in [3.63, 3.8) is 0 Å². The molecule has 0 atom stereocenters. The van der Waals surface area contributed by atoms with Crippen LogP contribution in [0.2, 0.25) is 0 Å². The number of H-pyrrole nitrogens is 1. The number of thioether (sulfide) groups is 1. The minimum absolute atomic E-state index is 0.247. The Morgan fingerprint density at radius 1 is 1.22 bits per heavy atom. The molecule has 0 saturated heterocycles. The van der Waals surface area contributed by atoms with E-state index in [-0.39, 0.29) is 10.9 Å². The first-order valence-electron chi connectivity index (χ1n) is 8.15. The molecule has 5 nitrogen and oxygen atoms in total. The lowest BCUT2D eigenvalue weighted by molar-refractivity contribution is -0.131. The molecular formula is C20H18N2O3S2. The van der Waals surface area contributed by atoms with Crippen molar-refractivity contribution in [2.24, 2.45) is 0 Å². The Balaban J connectivity index is 1.74. The number of carbonyl (C=O) groups excluding carboxylic acids is 1. The molecule has 0 bridgehead atoms. The number of aromatic nitrogens is 1. The van der Waals surface area contributed by atoms with Gasteiger partial charge in [-0.3, -0.25) is 4.79 Å². The standard InChI is InChI=1S/C20H18N2O3S2/c1-12-3-5-14(6-4-12)13(2)11-27-18(10-19(23)24)22-20(25)16-9-17-15(21-16)7-8-26-17/h3-11,21H,1-2H3,(H,22,25)(H,23,24)/b13-11+,18-10+. The van der Waals surface area contributed by atoms with E-state index in [9.17, 15) is 9.59 Å². The van der Waals surface area contributed by atoms with E-state index in [0.717, 1.165) is 39.2 Å². The number of hydrogen-bond donors (Lipinski definition) is 3. The Kier molecular flexibility index (Phi) is 5.83. The zero-order chi connectivity index (χ0) is 19.4. The summed E-state index contributed by atoms with van der Waals surface area (Å²) in [5.74, 6) is -1.49. The minimum atomic E-state index is -1.12. The first-order chi connectivity index (χ1) is 12.9. The number of thiophene rings is 1. The molecule has 0 aliphatic rings. The van der Waals surface area contributed by atoms with Gasteiger partial charge in [-0.25, -0.2) is 4.79 Å². The Hall–Kier alpha value is -2.77. The molecule has 138 valence electrons. The van der Waals surface area contributed by atoms with Crippen LogP contribution in [0, 0.1) is 6.92 Å². The number of allylic oxidation sites excluding steroid dienone is 1. The summed E-state index contributed by atoms with van der Waals surface area (Å²) in [5.41, 5.74) is 4.47. The molecule has 0 unspecified atom stereocenters. The Morgan fingerprint density at radius 2 is 1.96 bits per heavy atom. The molecule has 0 fully saturated rings. The molecule has 2 aromatic heterocycles. The molecule has 0 aliphatic carbocycles. The normalized spacial score (nSPS) is 12.4. The zero-order valence-electron chi connectivity index (χ0n) is 14.8. The number of fused-ring (bicyclic) bond motifs is 1. The van der Waals surface area contributed by atoms with Crippen molar-refractivity contribution in [3.05, 3.63) is 75.1 Å². The third-order valence-corrected chi connectivity index (χ3v) is 5.65. The molecule has 0 spiro atoms. The molecule has 1 aromatic carbocycles. The highest BCUT2D eigenvalue weighted by Crippen LogP contribution is 2.24. The maximum atomic E-state index is 12.5. The predicted octanol–water partition coefficient (Wildman–Crippen LogP) is 4.99. The number of carboxylic acids is 1. The van der Waals surface area contributed by atoms with Gasteiger partial charge in [0.1, 0.15) is 5.69 Å². The maximum absolute atomic E-state index is 12.5. The van der Waals surface area contributed by atoms with Crippen molar-refractivity contribution in [2.75, 3.05) is 0 Å². The van der Waals surface area contributed by atoms with Gasteiger partial charge in [-0.1, -0.05) is 41.6 Å². The highest BCUT2D eigenvalue weighted by atomic mass is 32.2. The Morgan fingerprint density at radius 3 is 2.63 bits per heavy atom. The molecule has 3 rings (SSSR count). The summed E-state index contributed by atoms with van der Waals surface area (Å²) in [6.45, 7) is 3.96. The van der Waals surface area contributed by atoms with E-state index in [1.54, 1.807) is 6.07 Å². The summed E-state index contributed by atoms with van der Waals surface area (Å²) in [4.78, 5) is 26.6. The summed E-state index contributed by atoms with van der Waals surface area (Å²) >= 11 is 2.70. The molecule has 0 saturated carbocycles. The summed E-state index contributed by atoms with van der Waals surface area (Å²) in [7, 11) is 0. The number of rotatable bonds is 6. The van der Waals surface area contributed by atoms with Crippen LogP contribution in [0.15, 0.2) is 58.3 Å². The van der Waals surface area contributed by atoms with E-state index in [1.165, 1.54) is 16.9 Å². The lowest BCUT2D eigenvalue weighted by Gasteiger charge is -2.07. The van der Waals surface area contributed by atoms with E-state index in [0.29, 0.717) is 5.69 Å². The maximum Gasteiger partial charge on any atom is 0.330 e. The second-order valence-corrected chi connectivity index (χ2v) is 7.83. The summed E-state index contributed by atoms with van der Waals surface area (Å²) < 4.78 is 0.978. The number of carboxylic acid groups (broad SMARTS) is 1. The second kappa shape index (κ2) is 8.28. The first-order valence-corrected chi connectivity index (χ1v) is 9.91. The third-order valence-electron chi connectivity index (χ3n) is 3.85. The van der Waals surface area contributed by atoms with E-state index < -0.39 is 5.97 Å². The quantitative estimate of drug-likeness (QED) is 0.511. The fourth-order valence-corrected chi connectivity index (χ4v) is 3.94. The van der Waals surface area contributed by atoms with Gasteiger partial charge in [0, 0.05) is 0 Å². The number of hydrogen-bond acceptors (Lipinski definition) is 4. The van der Waals surface area contributed by atoms with Crippen LogP contribution in [0.1, 0.15) is 28.5 Å². The van der Waals surface area contributed by atoms with Crippen molar-refractivity contribution < 1.29 is 14.7 Å². The van der Waals surface area contributed by atoms with Crippen molar-refractivity contribution in [1.29, 1.82) is 0 Å². The molecule has 3 aromatic rings. The van der Waals surface area contributed by atoms with Crippen LogP contribution in [0.3, 0.4) is 0 Å². The van der Waals surface area contributed by atoms with Gasteiger partial charge in [-0.05, 0) is 47.9 Å². The van der Waals surface area contributed by atoms with E-state index in [1.807, 2.05) is 55.0 Å². The van der Waals surface area contributed by atoms with Gasteiger partial charge in [-0.15, -0.1) is 11.3 Å². The molecule has 0 radical (unpaired) electrons. The third kappa shape index (κ3) is 4.90. The van der Waals surface area contributed by atoms with Gasteiger partial charge in [-0.2, -0.15) is 0 Å². The lowest BCUT2D eigenvalue weighted by Crippen LogP contribution is -2.22. The van der Waals surface area contributed by atoms with Gasteiger partial charge in [0.15, 0.2) is 0 Å². The number of aryl methyl sites for hydroxylation is 1. The van der Waals surface area contributed by atoms with Crippen molar-refractivity contribution >= 4 is 50.8 Å². The molecule has 27 heavy (non-hydrogen) atoms. The smallest absolute Gasteiger partial charge is 0.330 e. The highest BCUT2D eigenvalue weighted by molar-refractivity contribution is 8.06. The zero-order valence-corrected chi connectivity index (χ0v) is 16.4. The Bertz CT molecular complexity index is 1010. The molecule has 3 N–H and O–H groups in total. The number of aliphatic carboxylic acids is 1. The molecule has 2 heterocycles. The predicted molar refractivity (Wildman–Crippen MR) is 112 cm³/mol. The average Bonchev–Trinajstić information content (AvgIpc) is 3.21.